The molecule has 1 fully saturated rings. The van der Waals surface area contributed by atoms with Gasteiger partial charge in [0.15, 0.2) is 0 Å². The first kappa shape index (κ1) is 12.0. The predicted molar refractivity (Wildman–Crippen MR) is 70.1 cm³/mol. The van der Waals surface area contributed by atoms with Gasteiger partial charge >= 0.3 is 0 Å². The molecule has 17 heavy (non-hydrogen) atoms. The Hall–Kier alpha value is -1.51. The lowest BCUT2D eigenvalue weighted by Gasteiger charge is -2.08. The van der Waals surface area contributed by atoms with Gasteiger partial charge in [-0.2, -0.15) is 0 Å². The van der Waals surface area contributed by atoms with Crippen LogP contribution in [0.15, 0.2) is 24.3 Å². The zero-order valence-electron chi connectivity index (χ0n) is 10.3. The number of rotatable bonds is 6. The van der Waals surface area contributed by atoms with E-state index in [0.29, 0.717) is 19.0 Å². The molecule has 1 aromatic rings. The standard InChI is InChI=1S/C14H20N2O/c1-2-11-4-3-5-13(10-11)15-9-8-14(17)16-12-6-7-12/h3-5,10,12,15H,2,6-9H2,1H3,(H,16,17). The van der Waals surface area contributed by atoms with Crippen molar-refractivity contribution in [2.24, 2.45) is 0 Å². The Labute approximate surface area is 103 Å². The summed E-state index contributed by atoms with van der Waals surface area (Å²) in [5.74, 6) is 0.159. The van der Waals surface area contributed by atoms with Gasteiger partial charge in [0.25, 0.3) is 0 Å². The van der Waals surface area contributed by atoms with Crippen LogP contribution in [0.5, 0.6) is 0 Å². The van der Waals surface area contributed by atoms with E-state index < -0.39 is 0 Å². The molecular weight excluding hydrogens is 212 g/mol. The summed E-state index contributed by atoms with van der Waals surface area (Å²) >= 11 is 0. The number of hydrogen-bond donors (Lipinski definition) is 2. The molecule has 0 aromatic heterocycles. The van der Waals surface area contributed by atoms with E-state index in [0.717, 1.165) is 24.9 Å². The number of benzene rings is 1. The van der Waals surface area contributed by atoms with Crippen LogP contribution in [0.1, 0.15) is 31.7 Å². The third kappa shape index (κ3) is 4.10. The smallest absolute Gasteiger partial charge is 0.221 e. The van der Waals surface area contributed by atoms with Crippen molar-refractivity contribution in [1.29, 1.82) is 0 Å². The van der Waals surface area contributed by atoms with Crippen LogP contribution in [0, 0.1) is 0 Å². The summed E-state index contributed by atoms with van der Waals surface area (Å²) in [4.78, 5) is 11.5. The Morgan fingerprint density at radius 3 is 2.94 bits per heavy atom. The first-order valence-electron chi connectivity index (χ1n) is 6.40. The van der Waals surface area contributed by atoms with Gasteiger partial charge in [0, 0.05) is 24.7 Å². The molecule has 0 aliphatic heterocycles. The highest BCUT2D eigenvalue weighted by atomic mass is 16.1. The maximum absolute atomic E-state index is 11.5. The van der Waals surface area contributed by atoms with Crippen molar-refractivity contribution in [3.63, 3.8) is 0 Å². The lowest BCUT2D eigenvalue weighted by atomic mass is 10.1. The third-order valence-electron chi connectivity index (χ3n) is 2.96. The molecule has 2 rings (SSSR count). The van der Waals surface area contributed by atoms with Crippen molar-refractivity contribution in [3.8, 4) is 0 Å². The number of anilines is 1. The highest BCUT2D eigenvalue weighted by Gasteiger charge is 2.22. The molecule has 2 N–H and O–H groups in total. The van der Waals surface area contributed by atoms with E-state index >= 15 is 0 Å². The van der Waals surface area contributed by atoms with Crippen LogP contribution in [-0.2, 0) is 11.2 Å². The van der Waals surface area contributed by atoms with E-state index in [2.05, 4.69) is 29.7 Å². The fraction of sp³-hybridized carbons (Fsp3) is 0.500. The molecule has 1 aliphatic rings. The quantitative estimate of drug-likeness (QED) is 0.790. The van der Waals surface area contributed by atoms with Crippen molar-refractivity contribution < 1.29 is 4.79 Å². The average molecular weight is 232 g/mol. The van der Waals surface area contributed by atoms with Gasteiger partial charge in [-0.25, -0.2) is 0 Å². The summed E-state index contributed by atoms with van der Waals surface area (Å²) in [7, 11) is 0. The van der Waals surface area contributed by atoms with Gasteiger partial charge in [-0.1, -0.05) is 19.1 Å². The monoisotopic (exact) mass is 232 g/mol. The number of amides is 1. The number of hydrogen-bond acceptors (Lipinski definition) is 2. The predicted octanol–water partition coefficient (Wildman–Crippen LogP) is 2.33. The Balaban J connectivity index is 1.71. The minimum Gasteiger partial charge on any atom is -0.385 e. The lowest BCUT2D eigenvalue weighted by Crippen LogP contribution is -2.27. The second kappa shape index (κ2) is 5.71. The minimum atomic E-state index is 0.159. The topological polar surface area (TPSA) is 41.1 Å². The number of carbonyl (C=O) groups excluding carboxylic acids is 1. The first-order valence-corrected chi connectivity index (χ1v) is 6.40. The van der Waals surface area contributed by atoms with Crippen LogP contribution >= 0.6 is 0 Å². The second-order valence-corrected chi connectivity index (χ2v) is 4.57. The molecule has 0 heterocycles. The van der Waals surface area contributed by atoms with E-state index in [4.69, 9.17) is 0 Å². The van der Waals surface area contributed by atoms with Crippen molar-refractivity contribution >= 4 is 11.6 Å². The molecule has 0 unspecified atom stereocenters. The van der Waals surface area contributed by atoms with Crippen molar-refractivity contribution in [3.05, 3.63) is 29.8 Å². The van der Waals surface area contributed by atoms with E-state index in [1.165, 1.54) is 5.56 Å². The molecular formula is C14H20N2O. The highest BCUT2D eigenvalue weighted by molar-refractivity contribution is 5.77. The second-order valence-electron chi connectivity index (χ2n) is 4.57. The number of carbonyl (C=O) groups is 1. The minimum absolute atomic E-state index is 0.159. The number of aryl methyl sites for hydroxylation is 1. The molecule has 0 radical (unpaired) electrons. The Morgan fingerprint density at radius 2 is 2.24 bits per heavy atom. The lowest BCUT2D eigenvalue weighted by molar-refractivity contribution is -0.120. The van der Waals surface area contributed by atoms with Crippen LogP contribution in [0.25, 0.3) is 0 Å². The third-order valence-corrected chi connectivity index (χ3v) is 2.96. The molecule has 1 amide bonds. The van der Waals surface area contributed by atoms with Crippen LogP contribution in [0.2, 0.25) is 0 Å². The summed E-state index contributed by atoms with van der Waals surface area (Å²) in [5.41, 5.74) is 2.42. The molecule has 0 atom stereocenters. The Kier molecular flexibility index (Phi) is 4.02. The maximum atomic E-state index is 11.5. The average Bonchev–Trinajstić information content (AvgIpc) is 3.13. The Bertz CT molecular complexity index is 386. The van der Waals surface area contributed by atoms with E-state index in [-0.39, 0.29) is 5.91 Å². The molecule has 0 bridgehead atoms. The molecule has 0 saturated heterocycles. The molecule has 1 aliphatic carbocycles. The summed E-state index contributed by atoms with van der Waals surface area (Å²) in [6, 6.07) is 8.80. The van der Waals surface area contributed by atoms with Crippen LogP contribution in [-0.4, -0.2) is 18.5 Å². The van der Waals surface area contributed by atoms with Crippen molar-refractivity contribution in [2.45, 2.75) is 38.6 Å². The molecule has 1 aromatic carbocycles. The van der Waals surface area contributed by atoms with Crippen LogP contribution in [0.4, 0.5) is 5.69 Å². The fourth-order valence-corrected chi connectivity index (χ4v) is 1.75. The number of nitrogens with one attached hydrogen (secondary N) is 2. The molecule has 92 valence electrons. The van der Waals surface area contributed by atoms with Crippen molar-refractivity contribution in [2.75, 3.05) is 11.9 Å². The maximum Gasteiger partial charge on any atom is 0.221 e. The molecule has 0 spiro atoms. The molecule has 1 saturated carbocycles. The summed E-state index contributed by atoms with van der Waals surface area (Å²) < 4.78 is 0. The van der Waals surface area contributed by atoms with E-state index in [9.17, 15) is 4.79 Å². The van der Waals surface area contributed by atoms with E-state index in [1.807, 2.05) is 12.1 Å². The summed E-state index contributed by atoms with van der Waals surface area (Å²) in [6.45, 7) is 2.84. The van der Waals surface area contributed by atoms with E-state index in [1.54, 1.807) is 0 Å². The summed E-state index contributed by atoms with van der Waals surface area (Å²) in [6.07, 6.45) is 3.89. The molecule has 3 nitrogen and oxygen atoms in total. The SMILES string of the molecule is CCc1cccc(NCCC(=O)NC2CC2)c1. The zero-order chi connectivity index (χ0) is 12.1. The highest BCUT2D eigenvalue weighted by Crippen LogP contribution is 2.18. The summed E-state index contributed by atoms with van der Waals surface area (Å²) in [5, 5.41) is 6.27. The fourth-order valence-electron chi connectivity index (χ4n) is 1.75. The molecule has 3 heteroatoms. The normalized spacial score (nSPS) is 14.4. The van der Waals surface area contributed by atoms with Gasteiger partial charge in [-0.15, -0.1) is 0 Å². The van der Waals surface area contributed by atoms with Gasteiger partial charge in [-0.05, 0) is 37.0 Å². The largest absolute Gasteiger partial charge is 0.385 e. The van der Waals surface area contributed by atoms with Crippen molar-refractivity contribution in [1.82, 2.24) is 5.32 Å². The first-order chi connectivity index (χ1) is 8.28. The van der Waals surface area contributed by atoms with Gasteiger partial charge in [-0.3, -0.25) is 4.79 Å². The van der Waals surface area contributed by atoms with Crippen LogP contribution in [0.3, 0.4) is 0 Å². The van der Waals surface area contributed by atoms with Gasteiger partial charge < -0.3 is 10.6 Å². The van der Waals surface area contributed by atoms with Gasteiger partial charge in [0.05, 0.1) is 0 Å². The van der Waals surface area contributed by atoms with Gasteiger partial charge in [0.2, 0.25) is 5.91 Å². The van der Waals surface area contributed by atoms with Gasteiger partial charge in [0.1, 0.15) is 0 Å². The Morgan fingerprint density at radius 1 is 1.41 bits per heavy atom. The zero-order valence-corrected chi connectivity index (χ0v) is 10.3. The van der Waals surface area contributed by atoms with Crippen LogP contribution < -0.4 is 10.6 Å².